The normalized spacial score (nSPS) is 11.6. The van der Waals surface area contributed by atoms with Crippen molar-refractivity contribution in [1.29, 1.82) is 0 Å². The summed E-state index contributed by atoms with van der Waals surface area (Å²) in [5.41, 5.74) is 4.47. The van der Waals surface area contributed by atoms with Crippen molar-refractivity contribution in [3.8, 4) is 5.69 Å². The molecule has 3 rings (SSSR count). The first-order valence-corrected chi connectivity index (χ1v) is 11.7. The Morgan fingerprint density at radius 3 is 2.50 bits per heavy atom. The number of aromatic nitrogens is 3. The third kappa shape index (κ3) is 4.79. The van der Waals surface area contributed by atoms with Crippen LogP contribution < -0.4 is 4.72 Å². The Kier molecular flexibility index (Phi) is 6.40. The number of imidazole rings is 1. The minimum absolute atomic E-state index is 0.199. The first kappa shape index (κ1) is 21.8. The van der Waals surface area contributed by atoms with Crippen molar-refractivity contribution in [3.63, 3.8) is 0 Å². The summed E-state index contributed by atoms with van der Waals surface area (Å²) in [4.78, 5) is 20.5. The zero-order valence-electron chi connectivity index (χ0n) is 17.6. The fraction of sp³-hybridized carbons (Fsp3) is 0.381. The van der Waals surface area contributed by atoms with Gasteiger partial charge in [-0.3, -0.25) is 14.1 Å². The third-order valence-electron chi connectivity index (χ3n) is 4.75. The van der Waals surface area contributed by atoms with E-state index < -0.39 is 10.0 Å². The number of anilines is 1. The summed E-state index contributed by atoms with van der Waals surface area (Å²) in [5, 5.41) is 0. The van der Waals surface area contributed by atoms with Crippen LogP contribution >= 0.6 is 0 Å². The Morgan fingerprint density at radius 2 is 1.90 bits per heavy atom. The number of esters is 1. The predicted octanol–water partition coefficient (Wildman–Crippen LogP) is 3.16. The molecule has 0 amide bonds. The van der Waals surface area contributed by atoms with Gasteiger partial charge in [0.15, 0.2) is 5.65 Å². The zero-order chi connectivity index (χ0) is 21.9. The molecule has 3 aromatic rings. The number of carbonyl (C=O) groups is 1. The van der Waals surface area contributed by atoms with E-state index >= 15 is 0 Å². The molecule has 2 aromatic heterocycles. The quantitative estimate of drug-likeness (QED) is 0.551. The second kappa shape index (κ2) is 8.83. The molecule has 0 aliphatic rings. The van der Waals surface area contributed by atoms with Gasteiger partial charge >= 0.3 is 5.97 Å². The molecule has 30 heavy (non-hydrogen) atoms. The number of rotatable bonds is 8. The van der Waals surface area contributed by atoms with E-state index in [-0.39, 0.29) is 5.97 Å². The van der Waals surface area contributed by atoms with Crippen LogP contribution in [0, 0.1) is 6.92 Å². The average Bonchev–Trinajstić information content (AvgIpc) is 3.09. The van der Waals surface area contributed by atoms with Crippen LogP contribution in [0.1, 0.15) is 37.2 Å². The van der Waals surface area contributed by atoms with Gasteiger partial charge in [0.2, 0.25) is 10.0 Å². The van der Waals surface area contributed by atoms with Gasteiger partial charge in [-0.1, -0.05) is 26.0 Å². The number of ether oxygens (including phenoxy) is 1. The lowest BCUT2D eigenvalue weighted by Gasteiger charge is -2.10. The maximum absolute atomic E-state index is 11.6. The highest BCUT2D eigenvalue weighted by Gasteiger charge is 2.17. The molecule has 0 spiro atoms. The summed E-state index contributed by atoms with van der Waals surface area (Å²) < 4.78 is 32.8. The lowest BCUT2D eigenvalue weighted by Crippen LogP contribution is -2.11. The monoisotopic (exact) mass is 430 g/mol. The van der Waals surface area contributed by atoms with E-state index in [1.54, 1.807) is 6.92 Å². The van der Waals surface area contributed by atoms with E-state index in [0.29, 0.717) is 42.7 Å². The SMILES string of the molecule is CCC(=O)OCCc1ccc(-n2c(CC)nc3c(C)c(NS(C)(=O)=O)cnc32)cc1. The Bertz CT molecular complexity index is 1170. The molecule has 0 bridgehead atoms. The number of hydrogen-bond donors (Lipinski definition) is 1. The van der Waals surface area contributed by atoms with Gasteiger partial charge in [0.1, 0.15) is 11.3 Å². The summed E-state index contributed by atoms with van der Waals surface area (Å²) in [6.07, 6.45) is 4.35. The number of nitrogens with one attached hydrogen (secondary N) is 1. The number of aryl methyl sites for hydroxylation is 2. The summed E-state index contributed by atoms with van der Waals surface area (Å²) in [7, 11) is -3.40. The Labute approximate surface area is 176 Å². The van der Waals surface area contributed by atoms with Gasteiger partial charge in [-0.05, 0) is 24.6 Å². The van der Waals surface area contributed by atoms with Gasteiger partial charge in [0, 0.05) is 30.5 Å². The highest BCUT2D eigenvalue weighted by atomic mass is 32.2. The lowest BCUT2D eigenvalue weighted by atomic mass is 10.1. The van der Waals surface area contributed by atoms with E-state index in [1.807, 2.05) is 42.7 Å². The largest absolute Gasteiger partial charge is 0.465 e. The van der Waals surface area contributed by atoms with Crippen molar-refractivity contribution < 1.29 is 17.9 Å². The molecule has 160 valence electrons. The van der Waals surface area contributed by atoms with Crippen molar-refractivity contribution in [3.05, 3.63) is 47.4 Å². The van der Waals surface area contributed by atoms with Crippen LogP contribution in [0.3, 0.4) is 0 Å². The van der Waals surface area contributed by atoms with Gasteiger partial charge < -0.3 is 4.74 Å². The van der Waals surface area contributed by atoms with Gasteiger partial charge in [-0.2, -0.15) is 0 Å². The first-order valence-electron chi connectivity index (χ1n) is 9.83. The van der Waals surface area contributed by atoms with Crippen LogP contribution in [0.25, 0.3) is 16.9 Å². The van der Waals surface area contributed by atoms with Crippen molar-refractivity contribution in [2.75, 3.05) is 17.6 Å². The molecule has 8 nitrogen and oxygen atoms in total. The number of pyridine rings is 1. The molecule has 1 aromatic carbocycles. The topological polar surface area (TPSA) is 103 Å². The maximum Gasteiger partial charge on any atom is 0.305 e. The standard InChI is InChI=1S/C21H26N4O4S/c1-5-18-23-20-14(3)17(24-30(4,27)28)13-22-21(20)25(18)16-9-7-15(8-10-16)11-12-29-19(26)6-2/h7-10,13,24H,5-6,11-12H2,1-4H3. The van der Waals surface area contributed by atoms with E-state index in [9.17, 15) is 13.2 Å². The van der Waals surface area contributed by atoms with E-state index in [4.69, 9.17) is 9.72 Å². The summed E-state index contributed by atoms with van der Waals surface area (Å²) in [5.74, 6) is 0.636. The van der Waals surface area contributed by atoms with E-state index in [0.717, 1.165) is 28.9 Å². The molecular weight excluding hydrogens is 404 g/mol. The summed E-state index contributed by atoms with van der Waals surface area (Å²) in [6, 6.07) is 7.95. The molecule has 0 saturated carbocycles. The number of nitrogens with zero attached hydrogens (tertiary/aromatic N) is 3. The lowest BCUT2D eigenvalue weighted by molar-refractivity contribution is -0.143. The number of fused-ring (bicyclic) bond motifs is 1. The summed E-state index contributed by atoms with van der Waals surface area (Å²) in [6.45, 7) is 5.97. The molecule has 0 aliphatic heterocycles. The first-order chi connectivity index (χ1) is 14.2. The zero-order valence-corrected chi connectivity index (χ0v) is 18.4. The Balaban J connectivity index is 1.93. The highest BCUT2D eigenvalue weighted by Crippen LogP contribution is 2.27. The van der Waals surface area contributed by atoms with E-state index in [1.165, 1.54) is 6.20 Å². The van der Waals surface area contributed by atoms with Crippen LogP contribution in [0.4, 0.5) is 5.69 Å². The van der Waals surface area contributed by atoms with Gasteiger partial charge in [0.05, 0.1) is 24.7 Å². The molecule has 0 aliphatic carbocycles. The fourth-order valence-corrected chi connectivity index (χ4v) is 3.79. The molecule has 0 saturated heterocycles. The minimum Gasteiger partial charge on any atom is -0.465 e. The van der Waals surface area contributed by atoms with Gasteiger partial charge in [-0.15, -0.1) is 0 Å². The molecule has 0 atom stereocenters. The minimum atomic E-state index is -3.40. The van der Waals surface area contributed by atoms with Crippen molar-refractivity contribution in [1.82, 2.24) is 14.5 Å². The fourth-order valence-electron chi connectivity index (χ4n) is 3.19. The molecule has 2 heterocycles. The molecule has 0 fully saturated rings. The smallest absolute Gasteiger partial charge is 0.305 e. The number of hydrogen-bond acceptors (Lipinski definition) is 6. The average molecular weight is 431 g/mol. The number of carbonyl (C=O) groups excluding carboxylic acids is 1. The summed E-state index contributed by atoms with van der Waals surface area (Å²) >= 11 is 0. The van der Waals surface area contributed by atoms with Crippen LogP contribution in [0.2, 0.25) is 0 Å². The molecule has 9 heteroatoms. The van der Waals surface area contributed by atoms with Gasteiger partial charge in [0.25, 0.3) is 0 Å². The van der Waals surface area contributed by atoms with Crippen molar-refractivity contribution in [2.24, 2.45) is 0 Å². The third-order valence-corrected chi connectivity index (χ3v) is 5.34. The van der Waals surface area contributed by atoms with Gasteiger partial charge in [-0.25, -0.2) is 18.4 Å². The van der Waals surface area contributed by atoms with Crippen molar-refractivity contribution in [2.45, 2.75) is 40.0 Å². The van der Waals surface area contributed by atoms with Crippen molar-refractivity contribution >= 4 is 32.8 Å². The molecule has 0 unspecified atom stereocenters. The van der Waals surface area contributed by atoms with E-state index in [2.05, 4.69) is 9.71 Å². The number of sulfonamides is 1. The predicted molar refractivity (Wildman–Crippen MR) is 116 cm³/mol. The van der Waals surface area contributed by atoms with Crippen LogP contribution in [-0.4, -0.2) is 41.8 Å². The Morgan fingerprint density at radius 1 is 1.20 bits per heavy atom. The maximum atomic E-state index is 11.6. The molecular formula is C21H26N4O4S. The van der Waals surface area contributed by atoms with Crippen LogP contribution in [-0.2, 0) is 32.4 Å². The second-order valence-electron chi connectivity index (χ2n) is 7.05. The van der Waals surface area contributed by atoms with Crippen LogP contribution in [0.5, 0.6) is 0 Å². The number of benzene rings is 1. The Hall–Kier alpha value is -2.94. The second-order valence-corrected chi connectivity index (χ2v) is 8.80. The molecule has 0 radical (unpaired) electrons. The molecule has 1 N–H and O–H groups in total. The van der Waals surface area contributed by atoms with Crippen LogP contribution in [0.15, 0.2) is 30.5 Å². The highest BCUT2D eigenvalue weighted by molar-refractivity contribution is 7.92.